The second kappa shape index (κ2) is 11.1. The van der Waals surface area contributed by atoms with Gasteiger partial charge in [0, 0.05) is 43.6 Å². The van der Waals surface area contributed by atoms with E-state index < -0.39 is 0 Å². The average Bonchev–Trinajstić information content (AvgIpc) is 3.48. The summed E-state index contributed by atoms with van der Waals surface area (Å²) >= 11 is 1.40. The fourth-order valence-electron chi connectivity index (χ4n) is 4.19. The fourth-order valence-corrected chi connectivity index (χ4v) is 4.93. The van der Waals surface area contributed by atoms with Gasteiger partial charge in [0.15, 0.2) is 5.16 Å². The Bertz CT molecular complexity index is 917. The maximum absolute atomic E-state index is 12.7. The van der Waals surface area contributed by atoms with Crippen molar-refractivity contribution in [2.75, 3.05) is 49.9 Å². The van der Waals surface area contributed by atoms with E-state index in [0.29, 0.717) is 23.7 Å². The van der Waals surface area contributed by atoms with E-state index in [9.17, 15) is 4.79 Å². The number of nitrogens with one attached hydrogen (secondary N) is 1. The molecule has 0 saturated carbocycles. The number of piperidine rings is 1. The number of aromatic nitrogens is 3. The lowest BCUT2D eigenvalue weighted by molar-refractivity contribution is -0.113. The van der Waals surface area contributed by atoms with Crippen LogP contribution >= 0.6 is 11.8 Å². The van der Waals surface area contributed by atoms with Gasteiger partial charge in [0.1, 0.15) is 11.5 Å². The Morgan fingerprint density at radius 2 is 1.88 bits per heavy atom. The Labute approximate surface area is 199 Å². The van der Waals surface area contributed by atoms with Gasteiger partial charge in [-0.1, -0.05) is 18.7 Å². The Morgan fingerprint density at radius 3 is 2.52 bits per heavy atom. The first kappa shape index (κ1) is 23.7. The van der Waals surface area contributed by atoms with E-state index in [1.54, 1.807) is 32.4 Å². The molecule has 2 fully saturated rings. The number of carbonyl (C=O) groups is 1. The first-order chi connectivity index (χ1) is 16.1. The number of thioether (sulfide) groups is 1. The number of amides is 1. The standard InChI is InChI=1S/C23H33N5O4S/c1-16-6-8-27(9-7-16)22-25-26-23(28(22)14-18-5-4-10-32-18)33-15-21(29)24-17-11-19(30-2)13-20(12-17)31-3/h11-13,16,18H,4-10,14-15H2,1-3H3,(H,24,29). The summed E-state index contributed by atoms with van der Waals surface area (Å²) in [7, 11) is 3.16. The summed E-state index contributed by atoms with van der Waals surface area (Å²) in [6, 6.07) is 5.29. The third-order valence-electron chi connectivity index (χ3n) is 6.14. The van der Waals surface area contributed by atoms with E-state index in [2.05, 4.69) is 31.9 Å². The summed E-state index contributed by atoms with van der Waals surface area (Å²) in [5.74, 6) is 2.96. The van der Waals surface area contributed by atoms with E-state index in [-0.39, 0.29) is 17.8 Å². The van der Waals surface area contributed by atoms with Crippen molar-refractivity contribution in [2.45, 2.75) is 50.4 Å². The molecular formula is C23H33N5O4S. The van der Waals surface area contributed by atoms with E-state index in [0.717, 1.165) is 62.4 Å². The zero-order chi connectivity index (χ0) is 23.2. The van der Waals surface area contributed by atoms with Gasteiger partial charge in [-0.25, -0.2) is 0 Å². The molecule has 0 aliphatic carbocycles. The fraction of sp³-hybridized carbons (Fsp3) is 0.609. The quantitative estimate of drug-likeness (QED) is 0.552. The number of hydrogen-bond donors (Lipinski definition) is 1. The van der Waals surface area contributed by atoms with Crippen molar-refractivity contribution in [3.05, 3.63) is 18.2 Å². The minimum Gasteiger partial charge on any atom is -0.497 e. The van der Waals surface area contributed by atoms with Gasteiger partial charge in [-0.15, -0.1) is 10.2 Å². The van der Waals surface area contributed by atoms with Crippen LogP contribution in [0.25, 0.3) is 0 Å². The van der Waals surface area contributed by atoms with Crippen molar-refractivity contribution >= 4 is 29.3 Å². The van der Waals surface area contributed by atoms with E-state index in [1.807, 2.05) is 0 Å². The molecule has 2 aliphatic rings. The summed E-state index contributed by atoms with van der Waals surface area (Å²) in [4.78, 5) is 15.0. The minimum absolute atomic E-state index is 0.129. The highest BCUT2D eigenvalue weighted by Gasteiger charge is 2.26. The molecule has 2 aromatic rings. The van der Waals surface area contributed by atoms with Crippen molar-refractivity contribution in [1.29, 1.82) is 0 Å². The van der Waals surface area contributed by atoms with Crippen LogP contribution in [0.2, 0.25) is 0 Å². The lowest BCUT2D eigenvalue weighted by Crippen LogP contribution is -2.35. The Kier molecular flexibility index (Phi) is 7.97. The van der Waals surface area contributed by atoms with Gasteiger partial charge in [0.05, 0.1) is 32.6 Å². The molecule has 0 spiro atoms. The summed E-state index contributed by atoms with van der Waals surface area (Å²) in [5, 5.41) is 12.6. The molecule has 0 radical (unpaired) electrons. The lowest BCUT2D eigenvalue weighted by atomic mass is 10.00. The third kappa shape index (κ3) is 6.11. The van der Waals surface area contributed by atoms with Gasteiger partial charge in [-0.3, -0.25) is 9.36 Å². The van der Waals surface area contributed by atoms with Crippen molar-refractivity contribution in [3.8, 4) is 11.5 Å². The molecule has 1 unspecified atom stereocenters. The first-order valence-corrected chi connectivity index (χ1v) is 12.5. The van der Waals surface area contributed by atoms with E-state index in [1.165, 1.54) is 11.8 Å². The molecule has 2 saturated heterocycles. The van der Waals surface area contributed by atoms with Gasteiger partial charge >= 0.3 is 0 Å². The summed E-state index contributed by atoms with van der Waals surface area (Å²) < 4.78 is 18.6. The van der Waals surface area contributed by atoms with Gasteiger partial charge in [0.25, 0.3) is 0 Å². The molecule has 1 amide bonds. The van der Waals surface area contributed by atoms with Crippen LogP contribution in [-0.4, -0.2) is 66.4 Å². The highest BCUT2D eigenvalue weighted by molar-refractivity contribution is 7.99. The van der Waals surface area contributed by atoms with Crippen LogP contribution in [0.1, 0.15) is 32.6 Å². The topological polar surface area (TPSA) is 90.7 Å². The number of hydrogen-bond acceptors (Lipinski definition) is 8. The Hall–Kier alpha value is -2.46. The van der Waals surface area contributed by atoms with Crippen molar-refractivity contribution < 1.29 is 19.0 Å². The summed E-state index contributed by atoms with van der Waals surface area (Å²) in [6.07, 6.45) is 4.60. The van der Waals surface area contributed by atoms with Gasteiger partial charge in [-0.05, 0) is 31.6 Å². The smallest absolute Gasteiger partial charge is 0.234 e. The highest BCUT2D eigenvalue weighted by Crippen LogP contribution is 2.29. The van der Waals surface area contributed by atoms with Crippen LogP contribution in [0.15, 0.2) is 23.4 Å². The number of carbonyl (C=O) groups excluding carboxylic acids is 1. The van der Waals surface area contributed by atoms with Gasteiger partial charge < -0.3 is 24.4 Å². The molecule has 1 N–H and O–H groups in total. The van der Waals surface area contributed by atoms with E-state index >= 15 is 0 Å². The van der Waals surface area contributed by atoms with Crippen LogP contribution in [-0.2, 0) is 16.1 Å². The second-order valence-electron chi connectivity index (χ2n) is 8.64. The third-order valence-corrected chi connectivity index (χ3v) is 7.11. The lowest BCUT2D eigenvalue weighted by Gasteiger charge is -2.31. The maximum Gasteiger partial charge on any atom is 0.234 e. The maximum atomic E-state index is 12.7. The number of anilines is 2. The molecule has 0 bridgehead atoms. The molecule has 1 atom stereocenters. The summed E-state index contributed by atoms with van der Waals surface area (Å²) in [5.41, 5.74) is 0.626. The largest absolute Gasteiger partial charge is 0.497 e. The Balaban J connectivity index is 1.44. The van der Waals surface area contributed by atoms with Crippen LogP contribution in [0.5, 0.6) is 11.5 Å². The van der Waals surface area contributed by atoms with E-state index in [4.69, 9.17) is 14.2 Å². The number of methoxy groups -OCH3 is 2. The second-order valence-corrected chi connectivity index (χ2v) is 9.58. The Morgan fingerprint density at radius 1 is 1.15 bits per heavy atom. The molecule has 180 valence electrons. The summed E-state index contributed by atoms with van der Waals surface area (Å²) in [6.45, 7) is 5.77. The predicted molar refractivity (Wildman–Crippen MR) is 129 cm³/mol. The molecule has 4 rings (SSSR count). The molecule has 1 aromatic heterocycles. The molecule has 9 nitrogen and oxygen atoms in total. The zero-order valence-electron chi connectivity index (χ0n) is 19.6. The minimum atomic E-state index is -0.129. The van der Waals surface area contributed by atoms with Crippen molar-refractivity contribution in [2.24, 2.45) is 5.92 Å². The molecule has 10 heteroatoms. The van der Waals surface area contributed by atoms with Crippen LogP contribution in [0, 0.1) is 5.92 Å². The number of nitrogens with zero attached hydrogens (tertiary/aromatic N) is 4. The number of rotatable bonds is 9. The average molecular weight is 476 g/mol. The first-order valence-electron chi connectivity index (χ1n) is 11.5. The van der Waals surface area contributed by atoms with Crippen LogP contribution in [0.4, 0.5) is 11.6 Å². The van der Waals surface area contributed by atoms with Crippen LogP contribution < -0.4 is 19.7 Å². The van der Waals surface area contributed by atoms with Crippen molar-refractivity contribution in [3.63, 3.8) is 0 Å². The molecule has 2 aliphatic heterocycles. The van der Waals surface area contributed by atoms with Crippen LogP contribution in [0.3, 0.4) is 0 Å². The molecule has 3 heterocycles. The SMILES string of the molecule is COc1cc(NC(=O)CSc2nnc(N3CCC(C)CC3)n2CC2CCCO2)cc(OC)c1. The predicted octanol–water partition coefficient (Wildman–Crippen LogP) is 3.44. The highest BCUT2D eigenvalue weighted by atomic mass is 32.2. The van der Waals surface area contributed by atoms with Gasteiger partial charge in [0.2, 0.25) is 11.9 Å². The molecular weight excluding hydrogens is 442 g/mol. The molecule has 1 aromatic carbocycles. The number of ether oxygens (including phenoxy) is 3. The van der Waals surface area contributed by atoms with Gasteiger partial charge in [-0.2, -0.15) is 0 Å². The monoisotopic (exact) mass is 475 g/mol. The number of benzene rings is 1. The van der Waals surface area contributed by atoms with Crippen molar-refractivity contribution in [1.82, 2.24) is 14.8 Å². The normalized spacial score (nSPS) is 19.0. The molecule has 33 heavy (non-hydrogen) atoms. The zero-order valence-corrected chi connectivity index (χ0v) is 20.4.